The van der Waals surface area contributed by atoms with E-state index >= 15 is 0 Å². The minimum Gasteiger partial charge on any atom is -0.459 e. The average Bonchev–Trinajstić information content (AvgIpc) is 3.47. The number of halogens is 1. The summed E-state index contributed by atoms with van der Waals surface area (Å²) in [6, 6.07) is 17.2. The molecule has 178 valence electrons. The molecular weight excluding hydrogens is 474 g/mol. The first kappa shape index (κ1) is 22.8. The maximum atomic E-state index is 12.7. The number of nitrogens with zero attached hydrogens (tertiary/aromatic N) is 4. The Hall–Kier alpha value is -4.02. The van der Waals surface area contributed by atoms with Crippen molar-refractivity contribution in [2.75, 3.05) is 12.3 Å². The lowest BCUT2D eigenvalue weighted by atomic mass is 10.1. The Morgan fingerprint density at radius 1 is 1.03 bits per heavy atom. The largest absolute Gasteiger partial charge is 0.459 e. The first-order chi connectivity index (χ1) is 17.0. The summed E-state index contributed by atoms with van der Waals surface area (Å²) in [4.78, 5) is 37.6. The lowest BCUT2D eigenvalue weighted by Crippen LogP contribution is -2.32. The van der Waals surface area contributed by atoms with Gasteiger partial charge in [0.15, 0.2) is 10.8 Å². The van der Waals surface area contributed by atoms with Crippen LogP contribution in [0.2, 0.25) is 5.15 Å². The van der Waals surface area contributed by atoms with Crippen molar-refractivity contribution in [1.29, 1.82) is 0 Å². The van der Waals surface area contributed by atoms with Gasteiger partial charge in [-0.1, -0.05) is 48.0 Å². The quantitative estimate of drug-likeness (QED) is 0.317. The number of carbonyl (C=O) groups excluding carboxylic acids is 2. The van der Waals surface area contributed by atoms with Gasteiger partial charge < -0.3 is 19.9 Å². The number of hydrogen-bond acceptors (Lipinski definition) is 9. The smallest absolute Gasteiger partial charge is 0.338 e. The summed E-state index contributed by atoms with van der Waals surface area (Å²) in [5.74, 6) is -1.03. The van der Waals surface area contributed by atoms with Crippen LogP contribution in [-0.2, 0) is 14.2 Å². The molecule has 2 N–H and O–H groups in total. The molecule has 35 heavy (non-hydrogen) atoms. The molecule has 5 rings (SSSR count). The summed E-state index contributed by atoms with van der Waals surface area (Å²) in [7, 11) is 0. The van der Waals surface area contributed by atoms with Crippen LogP contribution in [0.5, 0.6) is 0 Å². The molecule has 10 nitrogen and oxygen atoms in total. The van der Waals surface area contributed by atoms with Gasteiger partial charge in [0, 0.05) is 6.42 Å². The van der Waals surface area contributed by atoms with E-state index in [-0.39, 0.29) is 24.1 Å². The number of anilines is 1. The molecule has 0 radical (unpaired) electrons. The molecule has 2 aromatic carbocycles. The molecule has 0 amide bonds. The third kappa shape index (κ3) is 4.79. The molecule has 0 aliphatic carbocycles. The molecule has 0 unspecified atom stereocenters. The first-order valence-corrected chi connectivity index (χ1v) is 11.2. The summed E-state index contributed by atoms with van der Waals surface area (Å²) in [6.45, 7) is -0.124. The van der Waals surface area contributed by atoms with Crippen molar-refractivity contribution >= 4 is 40.7 Å². The van der Waals surface area contributed by atoms with E-state index in [9.17, 15) is 9.59 Å². The second-order valence-electron chi connectivity index (χ2n) is 7.84. The Morgan fingerprint density at radius 3 is 2.37 bits per heavy atom. The molecule has 0 spiro atoms. The summed E-state index contributed by atoms with van der Waals surface area (Å²) in [5, 5.41) is 0.115. The van der Waals surface area contributed by atoms with Crippen LogP contribution in [0.4, 0.5) is 5.95 Å². The summed E-state index contributed by atoms with van der Waals surface area (Å²) in [5.41, 5.74) is 7.30. The number of nitrogen functional groups attached to an aromatic ring is 1. The molecule has 1 fully saturated rings. The second-order valence-corrected chi connectivity index (χ2v) is 8.19. The fraction of sp³-hybridized carbons (Fsp3) is 0.208. The molecule has 4 aromatic rings. The number of ether oxygens (including phenoxy) is 3. The van der Waals surface area contributed by atoms with E-state index in [2.05, 4.69) is 15.0 Å². The maximum absolute atomic E-state index is 12.7. The van der Waals surface area contributed by atoms with Gasteiger partial charge in [0.25, 0.3) is 0 Å². The lowest BCUT2D eigenvalue weighted by Gasteiger charge is -2.19. The van der Waals surface area contributed by atoms with Crippen molar-refractivity contribution in [2.24, 2.45) is 0 Å². The predicted octanol–water partition coefficient (Wildman–Crippen LogP) is 3.43. The van der Waals surface area contributed by atoms with Crippen LogP contribution in [0, 0.1) is 0 Å². The van der Waals surface area contributed by atoms with Crippen molar-refractivity contribution in [2.45, 2.75) is 24.9 Å². The van der Waals surface area contributed by atoms with Crippen LogP contribution in [-0.4, -0.2) is 50.3 Å². The highest BCUT2D eigenvalue weighted by Gasteiger charge is 2.40. The SMILES string of the molecule is Nc1nc(Cl)c2ncn([C@H]3C[C@H](OC(=O)c4ccccc4)[C@@H](COC(=O)c4ccccc4)O3)c2n1. The van der Waals surface area contributed by atoms with E-state index < -0.39 is 30.4 Å². The maximum Gasteiger partial charge on any atom is 0.338 e. The fourth-order valence-corrected chi connectivity index (χ4v) is 4.07. The number of hydrogen-bond donors (Lipinski definition) is 1. The fourth-order valence-electron chi connectivity index (χ4n) is 3.85. The number of nitrogens with two attached hydrogens (primary N) is 1. The van der Waals surface area contributed by atoms with E-state index in [1.165, 1.54) is 6.33 Å². The van der Waals surface area contributed by atoms with Crippen LogP contribution in [0.15, 0.2) is 67.0 Å². The van der Waals surface area contributed by atoms with E-state index in [4.69, 9.17) is 31.5 Å². The molecular formula is C24H20ClN5O5. The van der Waals surface area contributed by atoms with Gasteiger partial charge >= 0.3 is 11.9 Å². The zero-order valence-corrected chi connectivity index (χ0v) is 19.0. The molecule has 2 aromatic heterocycles. The van der Waals surface area contributed by atoms with Crippen LogP contribution < -0.4 is 5.73 Å². The summed E-state index contributed by atoms with van der Waals surface area (Å²) in [6.07, 6.45) is -0.293. The Morgan fingerprint density at radius 2 is 1.69 bits per heavy atom. The average molecular weight is 494 g/mol. The Labute approximate surface area is 204 Å². The highest BCUT2D eigenvalue weighted by atomic mass is 35.5. The highest BCUT2D eigenvalue weighted by molar-refractivity contribution is 6.33. The van der Waals surface area contributed by atoms with Crippen LogP contribution >= 0.6 is 11.6 Å². The van der Waals surface area contributed by atoms with Crippen molar-refractivity contribution < 1.29 is 23.8 Å². The minimum atomic E-state index is -0.729. The van der Waals surface area contributed by atoms with Gasteiger partial charge in [-0.3, -0.25) is 4.57 Å². The van der Waals surface area contributed by atoms with E-state index in [0.29, 0.717) is 22.3 Å². The van der Waals surface area contributed by atoms with Crippen LogP contribution in [0.25, 0.3) is 11.2 Å². The molecule has 3 atom stereocenters. The summed E-state index contributed by atoms with van der Waals surface area (Å²) < 4.78 is 19.0. The van der Waals surface area contributed by atoms with E-state index in [1.54, 1.807) is 65.2 Å². The van der Waals surface area contributed by atoms with E-state index in [0.717, 1.165) is 0 Å². The van der Waals surface area contributed by atoms with Crippen molar-refractivity contribution in [3.05, 3.63) is 83.3 Å². The van der Waals surface area contributed by atoms with Crippen molar-refractivity contribution in [1.82, 2.24) is 19.5 Å². The third-order valence-corrected chi connectivity index (χ3v) is 5.81. The highest BCUT2D eigenvalue weighted by Crippen LogP contribution is 2.34. The number of imidazole rings is 1. The molecule has 0 saturated carbocycles. The molecule has 1 aliphatic heterocycles. The minimum absolute atomic E-state index is 0.0114. The predicted molar refractivity (Wildman–Crippen MR) is 126 cm³/mol. The van der Waals surface area contributed by atoms with E-state index in [1.807, 2.05) is 0 Å². The Balaban J connectivity index is 1.38. The monoisotopic (exact) mass is 493 g/mol. The van der Waals surface area contributed by atoms with Gasteiger partial charge in [-0.15, -0.1) is 0 Å². The topological polar surface area (TPSA) is 131 Å². The van der Waals surface area contributed by atoms with Gasteiger partial charge in [-0.25, -0.2) is 14.6 Å². The molecule has 0 bridgehead atoms. The van der Waals surface area contributed by atoms with Gasteiger partial charge in [0.2, 0.25) is 5.95 Å². The lowest BCUT2D eigenvalue weighted by molar-refractivity contribution is -0.0563. The molecule has 1 aliphatic rings. The zero-order chi connectivity index (χ0) is 24.4. The number of rotatable bonds is 6. The van der Waals surface area contributed by atoms with Crippen LogP contribution in [0.1, 0.15) is 33.4 Å². The number of fused-ring (bicyclic) bond motifs is 1. The third-order valence-electron chi connectivity index (χ3n) is 5.54. The Kier molecular flexibility index (Phi) is 6.30. The summed E-state index contributed by atoms with van der Waals surface area (Å²) >= 11 is 6.14. The standard InChI is InChI=1S/C24H20ClN5O5/c25-20-19-21(29-24(26)28-20)30(13-27-19)18-11-16(35-23(32)15-9-5-2-6-10-15)17(34-18)12-33-22(31)14-7-3-1-4-8-14/h1-10,13,16-18H,11-12H2,(H2,26,28,29)/t16-,17+,18+/m0/s1. The van der Waals surface area contributed by atoms with Gasteiger partial charge in [0.1, 0.15) is 30.6 Å². The molecule has 3 heterocycles. The van der Waals surface area contributed by atoms with Gasteiger partial charge in [-0.05, 0) is 24.3 Å². The first-order valence-electron chi connectivity index (χ1n) is 10.8. The van der Waals surface area contributed by atoms with Crippen LogP contribution in [0.3, 0.4) is 0 Å². The Bertz CT molecular complexity index is 1370. The zero-order valence-electron chi connectivity index (χ0n) is 18.3. The normalized spacial score (nSPS) is 19.5. The number of carbonyl (C=O) groups is 2. The number of benzene rings is 2. The second kappa shape index (κ2) is 9.69. The van der Waals surface area contributed by atoms with Gasteiger partial charge in [-0.2, -0.15) is 9.97 Å². The molecule has 11 heteroatoms. The molecule has 1 saturated heterocycles. The number of aromatic nitrogens is 4. The van der Waals surface area contributed by atoms with Crippen molar-refractivity contribution in [3.8, 4) is 0 Å². The van der Waals surface area contributed by atoms with Crippen molar-refractivity contribution in [3.63, 3.8) is 0 Å². The number of esters is 2. The van der Waals surface area contributed by atoms with Gasteiger partial charge in [0.05, 0.1) is 17.5 Å².